The van der Waals surface area contributed by atoms with Gasteiger partial charge >= 0.3 is 5.97 Å². The van der Waals surface area contributed by atoms with Crippen LogP contribution in [0.25, 0.3) is 0 Å². The molecule has 2 aromatic carbocycles. The van der Waals surface area contributed by atoms with Crippen molar-refractivity contribution in [2.24, 2.45) is 5.73 Å². The molecule has 0 spiro atoms. The summed E-state index contributed by atoms with van der Waals surface area (Å²) in [6.45, 7) is 2.98. The van der Waals surface area contributed by atoms with Crippen molar-refractivity contribution in [3.05, 3.63) is 88.7 Å². The van der Waals surface area contributed by atoms with E-state index in [-0.39, 0.29) is 12.1 Å². The highest BCUT2D eigenvalue weighted by Crippen LogP contribution is 2.18. The van der Waals surface area contributed by atoms with Gasteiger partial charge in [0.2, 0.25) is 0 Å². The number of hydrogen-bond acceptors (Lipinski definition) is 4. The zero-order valence-electron chi connectivity index (χ0n) is 17.3. The summed E-state index contributed by atoms with van der Waals surface area (Å²) >= 11 is 0. The monoisotopic (exact) mass is 428 g/mol. The molecule has 31 heavy (non-hydrogen) atoms. The number of aryl methyl sites for hydroxylation is 1. The number of aromatic carboxylic acids is 1. The summed E-state index contributed by atoms with van der Waals surface area (Å²) in [5.41, 5.74) is 9.11. The van der Waals surface area contributed by atoms with Gasteiger partial charge in [-0.3, -0.25) is 4.68 Å². The second-order valence-electron chi connectivity index (χ2n) is 7.48. The maximum absolute atomic E-state index is 13.6. The summed E-state index contributed by atoms with van der Waals surface area (Å²) in [4.78, 5) is 11.6. The highest BCUT2D eigenvalue weighted by Gasteiger charge is 2.25. The lowest BCUT2D eigenvalue weighted by atomic mass is 9.99. The molecule has 0 bridgehead atoms. The van der Waals surface area contributed by atoms with Crippen LogP contribution in [0.5, 0.6) is 0 Å². The zero-order valence-corrected chi connectivity index (χ0v) is 17.3. The van der Waals surface area contributed by atoms with E-state index in [1.165, 1.54) is 34.6 Å². The second-order valence-corrected chi connectivity index (χ2v) is 7.48. The van der Waals surface area contributed by atoms with Gasteiger partial charge in [0, 0.05) is 31.4 Å². The molecule has 1 aromatic heterocycles. The average molecular weight is 428 g/mol. The van der Waals surface area contributed by atoms with Gasteiger partial charge in [0.1, 0.15) is 17.3 Å². The number of nitrogens with two attached hydrogens (primary N) is 1. The van der Waals surface area contributed by atoms with Crippen molar-refractivity contribution >= 4 is 5.97 Å². The third-order valence-corrected chi connectivity index (χ3v) is 5.17. The molecule has 6 nitrogen and oxygen atoms in total. The van der Waals surface area contributed by atoms with Crippen LogP contribution in [-0.2, 0) is 19.4 Å². The predicted octanol–water partition coefficient (Wildman–Crippen LogP) is 3.32. The molecule has 0 amide bonds. The zero-order chi connectivity index (χ0) is 22.4. The number of halogens is 2. The Morgan fingerprint density at radius 2 is 1.84 bits per heavy atom. The summed E-state index contributed by atoms with van der Waals surface area (Å²) in [7, 11) is 0. The van der Waals surface area contributed by atoms with Crippen LogP contribution in [0.2, 0.25) is 0 Å². The summed E-state index contributed by atoms with van der Waals surface area (Å²) in [6.07, 6.45) is 2.49. The first-order valence-electron chi connectivity index (χ1n) is 10.1. The number of aromatic nitrogens is 2. The molecule has 0 saturated carbocycles. The molecule has 0 fully saturated rings. The third kappa shape index (κ3) is 5.96. The van der Waals surface area contributed by atoms with Crippen molar-refractivity contribution in [3.63, 3.8) is 0 Å². The topological polar surface area (TPSA) is 93.2 Å². The Balaban J connectivity index is 1.78. The molecule has 0 aliphatic heterocycles. The maximum atomic E-state index is 13.6. The van der Waals surface area contributed by atoms with E-state index >= 15 is 0 Å². The number of hydrogen-bond donors (Lipinski definition) is 3. The minimum atomic E-state index is -1.12. The number of nitrogens with one attached hydrogen (secondary N) is 1. The van der Waals surface area contributed by atoms with Crippen LogP contribution in [0.3, 0.4) is 0 Å². The van der Waals surface area contributed by atoms with E-state index in [2.05, 4.69) is 29.5 Å². The first kappa shape index (κ1) is 22.6. The van der Waals surface area contributed by atoms with Crippen molar-refractivity contribution in [3.8, 4) is 0 Å². The number of nitrogens with zero attached hydrogens (tertiary/aromatic N) is 2. The Labute approximate surface area is 179 Å². The average Bonchev–Trinajstić information content (AvgIpc) is 3.20. The maximum Gasteiger partial charge on any atom is 0.354 e. The van der Waals surface area contributed by atoms with Crippen molar-refractivity contribution in [2.75, 3.05) is 6.54 Å². The second kappa shape index (κ2) is 10.3. The van der Waals surface area contributed by atoms with Crippen molar-refractivity contribution in [1.29, 1.82) is 0 Å². The predicted molar refractivity (Wildman–Crippen MR) is 114 cm³/mol. The Bertz CT molecular complexity index is 1020. The summed E-state index contributed by atoms with van der Waals surface area (Å²) in [5, 5.41) is 17.0. The summed E-state index contributed by atoms with van der Waals surface area (Å²) < 4.78 is 28.5. The number of carboxylic acids is 1. The third-order valence-electron chi connectivity index (χ3n) is 5.17. The summed E-state index contributed by atoms with van der Waals surface area (Å²) in [6, 6.07) is 11.6. The van der Waals surface area contributed by atoms with Crippen LogP contribution in [0.1, 0.15) is 40.1 Å². The van der Waals surface area contributed by atoms with E-state index in [4.69, 9.17) is 5.73 Å². The van der Waals surface area contributed by atoms with Gasteiger partial charge in [-0.1, -0.05) is 31.2 Å². The molecule has 0 saturated heterocycles. The van der Waals surface area contributed by atoms with Gasteiger partial charge in [0.05, 0.1) is 6.04 Å². The number of rotatable bonds is 10. The lowest BCUT2D eigenvalue weighted by Gasteiger charge is -2.26. The Hall–Kier alpha value is -3.10. The smallest absolute Gasteiger partial charge is 0.354 e. The Morgan fingerprint density at radius 1 is 1.13 bits per heavy atom. The van der Waals surface area contributed by atoms with E-state index in [0.717, 1.165) is 18.1 Å². The molecule has 164 valence electrons. The fourth-order valence-electron chi connectivity index (χ4n) is 3.63. The molecule has 0 unspecified atom stereocenters. The van der Waals surface area contributed by atoms with Gasteiger partial charge in [-0.15, -0.1) is 0 Å². The minimum absolute atomic E-state index is 0.000605. The van der Waals surface area contributed by atoms with Crippen LogP contribution < -0.4 is 11.1 Å². The lowest BCUT2D eigenvalue weighted by molar-refractivity contribution is 0.0678. The van der Waals surface area contributed by atoms with Crippen LogP contribution >= 0.6 is 0 Å². The van der Waals surface area contributed by atoms with Gasteiger partial charge in [0.25, 0.3) is 0 Å². The Kier molecular flexibility index (Phi) is 7.49. The number of carboxylic acid groups (broad SMARTS) is 1. The van der Waals surface area contributed by atoms with E-state index in [0.29, 0.717) is 18.7 Å². The molecule has 0 aliphatic rings. The highest BCUT2D eigenvalue weighted by molar-refractivity contribution is 5.85. The van der Waals surface area contributed by atoms with Crippen LogP contribution in [0, 0.1) is 11.6 Å². The fourth-order valence-corrected chi connectivity index (χ4v) is 3.63. The number of carbonyl (C=O) groups is 1. The largest absolute Gasteiger partial charge is 0.477 e. The molecular weight excluding hydrogens is 402 g/mol. The van der Waals surface area contributed by atoms with Crippen molar-refractivity contribution in [1.82, 2.24) is 15.1 Å². The molecule has 0 radical (unpaired) electrons. The van der Waals surface area contributed by atoms with Gasteiger partial charge in [0.15, 0.2) is 0 Å². The molecular formula is C23H26F2N4O2. The van der Waals surface area contributed by atoms with Crippen molar-refractivity contribution in [2.45, 2.75) is 38.4 Å². The fraction of sp³-hybridized carbons (Fsp3) is 0.304. The van der Waals surface area contributed by atoms with E-state index < -0.39 is 29.7 Å². The van der Waals surface area contributed by atoms with Gasteiger partial charge < -0.3 is 16.2 Å². The van der Waals surface area contributed by atoms with Crippen LogP contribution in [-0.4, -0.2) is 33.4 Å². The lowest BCUT2D eigenvalue weighted by Crippen LogP contribution is -2.41. The molecule has 4 N–H and O–H groups in total. The van der Waals surface area contributed by atoms with Crippen molar-refractivity contribution < 1.29 is 18.7 Å². The van der Waals surface area contributed by atoms with Crippen LogP contribution in [0.15, 0.2) is 54.7 Å². The van der Waals surface area contributed by atoms with E-state index in [1.807, 2.05) is 12.1 Å². The molecule has 2 atom stereocenters. The number of benzene rings is 2. The highest BCUT2D eigenvalue weighted by atomic mass is 19.1. The normalized spacial score (nSPS) is 13.2. The molecule has 8 heteroatoms. The molecule has 3 rings (SSSR count). The van der Waals surface area contributed by atoms with Gasteiger partial charge in [-0.2, -0.15) is 5.10 Å². The first-order chi connectivity index (χ1) is 14.9. The van der Waals surface area contributed by atoms with E-state index in [1.54, 1.807) is 0 Å². The SMILES string of the molecule is CCc1cccc(CNC[C@H]([C@@H](N)Cc2cc(F)cc(F)c2)n2nccc2C(=O)O)c1. The van der Waals surface area contributed by atoms with Crippen LogP contribution in [0.4, 0.5) is 8.78 Å². The standard InChI is InChI=1S/C23H26F2N4O2/c1-2-15-4-3-5-16(8-15)13-27-14-22(29-21(23(30)31)6-7-28-29)20(26)11-17-9-18(24)12-19(25)10-17/h3-10,12,20,22,27H,2,11,13-14,26H2,1H3,(H,30,31)/t20-,22+/m0/s1. The quantitative estimate of drug-likeness (QED) is 0.461. The molecule has 3 aromatic rings. The van der Waals surface area contributed by atoms with E-state index in [9.17, 15) is 18.7 Å². The van der Waals surface area contributed by atoms with Gasteiger partial charge in [-0.25, -0.2) is 13.6 Å². The molecule has 0 aliphatic carbocycles. The van der Waals surface area contributed by atoms with Gasteiger partial charge in [-0.05, 0) is 47.7 Å². The first-order valence-corrected chi connectivity index (χ1v) is 10.1. The summed E-state index contributed by atoms with van der Waals surface area (Å²) in [5.74, 6) is -2.49. The molecule has 1 heterocycles. The minimum Gasteiger partial charge on any atom is -0.477 e. The Morgan fingerprint density at radius 3 is 2.52 bits per heavy atom.